The zero-order valence-corrected chi connectivity index (χ0v) is 13.7. The highest BCUT2D eigenvalue weighted by Crippen LogP contribution is 2.23. The van der Waals surface area contributed by atoms with Gasteiger partial charge < -0.3 is 4.90 Å². The first-order valence-electron chi connectivity index (χ1n) is 6.77. The lowest BCUT2D eigenvalue weighted by atomic mass is 10.1. The minimum absolute atomic E-state index is 0.0875. The van der Waals surface area contributed by atoms with Gasteiger partial charge in [0.25, 0.3) is 5.69 Å². The fourth-order valence-electron chi connectivity index (χ4n) is 2.00. The molecule has 0 aliphatic carbocycles. The molecule has 1 aromatic rings. The molecule has 0 aromatic heterocycles. The summed E-state index contributed by atoms with van der Waals surface area (Å²) in [6.07, 6.45) is 0.410. The molecule has 0 aliphatic heterocycles. The van der Waals surface area contributed by atoms with E-state index in [9.17, 15) is 23.3 Å². The smallest absolute Gasteiger partial charge is 0.272 e. The van der Waals surface area contributed by atoms with Crippen molar-refractivity contribution in [2.75, 3.05) is 19.8 Å². The SMILES string of the molecule is Cc1c(CS(=O)(=O)CCCC(=O)N(C)C)cccc1[N+](=O)[O-]. The van der Waals surface area contributed by atoms with E-state index in [0.29, 0.717) is 11.1 Å². The van der Waals surface area contributed by atoms with Crippen molar-refractivity contribution in [3.8, 4) is 0 Å². The summed E-state index contributed by atoms with van der Waals surface area (Å²) < 4.78 is 24.2. The number of nitro groups is 1. The van der Waals surface area contributed by atoms with Crippen LogP contribution in [0, 0.1) is 17.0 Å². The van der Waals surface area contributed by atoms with E-state index in [4.69, 9.17) is 0 Å². The zero-order valence-electron chi connectivity index (χ0n) is 12.9. The predicted octanol–water partition coefficient (Wildman–Crippen LogP) is 1.69. The van der Waals surface area contributed by atoms with Crippen LogP contribution < -0.4 is 0 Å². The predicted molar refractivity (Wildman–Crippen MR) is 83.3 cm³/mol. The van der Waals surface area contributed by atoms with E-state index in [1.54, 1.807) is 27.1 Å². The van der Waals surface area contributed by atoms with Crippen LogP contribution in [0.1, 0.15) is 24.0 Å². The molecule has 0 aliphatic rings. The van der Waals surface area contributed by atoms with Crippen LogP contribution in [0.25, 0.3) is 0 Å². The van der Waals surface area contributed by atoms with Crippen molar-refractivity contribution >= 4 is 21.4 Å². The number of benzene rings is 1. The van der Waals surface area contributed by atoms with E-state index in [1.807, 2.05) is 0 Å². The molecule has 0 saturated heterocycles. The molecule has 0 heterocycles. The quantitative estimate of drug-likeness (QED) is 0.560. The highest BCUT2D eigenvalue weighted by atomic mass is 32.2. The summed E-state index contributed by atoms with van der Waals surface area (Å²) in [5, 5.41) is 10.9. The summed E-state index contributed by atoms with van der Waals surface area (Å²) >= 11 is 0. The maximum atomic E-state index is 12.1. The maximum absolute atomic E-state index is 12.1. The number of nitro benzene ring substituents is 1. The molecule has 22 heavy (non-hydrogen) atoms. The largest absolute Gasteiger partial charge is 0.349 e. The molecular weight excluding hydrogens is 308 g/mol. The standard InChI is InChI=1S/C14H20N2O5S/c1-11-12(6-4-7-13(11)16(18)19)10-22(20,21)9-5-8-14(17)15(2)3/h4,6-7H,5,8-10H2,1-3H3. The van der Waals surface area contributed by atoms with Gasteiger partial charge in [-0.3, -0.25) is 14.9 Å². The Labute approximate surface area is 130 Å². The minimum atomic E-state index is -3.41. The van der Waals surface area contributed by atoms with Crippen LogP contribution in [0.2, 0.25) is 0 Å². The van der Waals surface area contributed by atoms with Crippen LogP contribution in [-0.2, 0) is 20.4 Å². The van der Waals surface area contributed by atoms with Gasteiger partial charge in [-0.2, -0.15) is 0 Å². The van der Waals surface area contributed by atoms with Crippen LogP contribution >= 0.6 is 0 Å². The van der Waals surface area contributed by atoms with E-state index >= 15 is 0 Å². The van der Waals surface area contributed by atoms with Gasteiger partial charge in [0.15, 0.2) is 9.84 Å². The van der Waals surface area contributed by atoms with Gasteiger partial charge in [-0.05, 0) is 18.9 Å². The number of carbonyl (C=O) groups is 1. The molecule has 0 fully saturated rings. The fourth-order valence-corrected chi connectivity index (χ4v) is 3.52. The Morgan fingerprint density at radius 3 is 2.50 bits per heavy atom. The van der Waals surface area contributed by atoms with Crippen molar-refractivity contribution in [1.29, 1.82) is 0 Å². The molecule has 0 spiro atoms. The van der Waals surface area contributed by atoms with Crippen molar-refractivity contribution in [2.45, 2.75) is 25.5 Å². The van der Waals surface area contributed by atoms with Gasteiger partial charge in [0, 0.05) is 32.1 Å². The van der Waals surface area contributed by atoms with E-state index in [-0.39, 0.29) is 35.9 Å². The lowest BCUT2D eigenvalue weighted by molar-refractivity contribution is -0.385. The molecule has 0 radical (unpaired) electrons. The highest BCUT2D eigenvalue weighted by Gasteiger charge is 2.19. The first-order chi connectivity index (χ1) is 10.1. The summed E-state index contributed by atoms with van der Waals surface area (Å²) in [5.41, 5.74) is 0.698. The van der Waals surface area contributed by atoms with Gasteiger partial charge in [0.1, 0.15) is 0 Å². The Morgan fingerprint density at radius 1 is 1.32 bits per heavy atom. The molecule has 1 rings (SSSR count). The van der Waals surface area contributed by atoms with Gasteiger partial charge in [-0.15, -0.1) is 0 Å². The molecule has 1 aromatic carbocycles. The summed E-state index contributed by atoms with van der Waals surface area (Å²) in [4.78, 5) is 23.2. The van der Waals surface area contributed by atoms with Crippen LogP contribution in [0.15, 0.2) is 18.2 Å². The Morgan fingerprint density at radius 2 is 1.95 bits per heavy atom. The summed E-state index contributed by atoms with van der Waals surface area (Å²) in [6.45, 7) is 1.54. The third-order valence-electron chi connectivity index (χ3n) is 3.33. The van der Waals surface area contributed by atoms with Crippen molar-refractivity contribution < 1.29 is 18.1 Å². The topological polar surface area (TPSA) is 97.6 Å². The van der Waals surface area contributed by atoms with Crippen LogP contribution in [0.3, 0.4) is 0 Å². The monoisotopic (exact) mass is 328 g/mol. The average Bonchev–Trinajstić information content (AvgIpc) is 2.40. The average molecular weight is 328 g/mol. The van der Waals surface area contributed by atoms with E-state index < -0.39 is 14.8 Å². The molecule has 0 atom stereocenters. The van der Waals surface area contributed by atoms with Crippen molar-refractivity contribution in [1.82, 2.24) is 4.90 Å². The van der Waals surface area contributed by atoms with Crippen LogP contribution in [-0.4, -0.2) is 44.0 Å². The third-order valence-corrected chi connectivity index (χ3v) is 5.00. The number of hydrogen-bond donors (Lipinski definition) is 0. The molecule has 122 valence electrons. The number of nitrogens with zero attached hydrogens (tertiary/aromatic N) is 2. The van der Waals surface area contributed by atoms with Crippen molar-refractivity contribution in [3.05, 3.63) is 39.4 Å². The summed E-state index contributed by atoms with van der Waals surface area (Å²) in [5.74, 6) is -0.493. The third kappa shape index (κ3) is 5.10. The lowest BCUT2D eigenvalue weighted by Gasteiger charge is -2.10. The van der Waals surface area contributed by atoms with Gasteiger partial charge in [-0.1, -0.05) is 12.1 Å². The van der Waals surface area contributed by atoms with E-state index in [0.717, 1.165) is 0 Å². The molecular formula is C14H20N2O5S. The van der Waals surface area contributed by atoms with E-state index in [1.165, 1.54) is 17.0 Å². The fraction of sp³-hybridized carbons (Fsp3) is 0.500. The number of sulfone groups is 1. The van der Waals surface area contributed by atoms with Crippen LogP contribution in [0.4, 0.5) is 5.69 Å². The molecule has 7 nitrogen and oxygen atoms in total. The molecule has 0 unspecified atom stereocenters. The Bertz CT molecular complexity index is 668. The number of hydrogen-bond acceptors (Lipinski definition) is 5. The van der Waals surface area contributed by atoms with Crippen molar-refractivity contribution in [2.24, 2.45) is 0 Å². The van der Waals surface area contributed by atoms with Crippen LogP contribution in [0.5, 0.6) is 0 Å². The summed E-state index contributed by atoms with van der Waals surface area (Å²) in [6, 6.07) is 4.40. The first kappa shape index (κ1) is 18.1. The molecule has 0 bridgehead atoms. The normalized spacial score (nSPS) is 11.2. The first-order valence-corrected chi connectivity index (χ1v) is 8.59. The number of rotatable bonds is 7. The molecule has 0 saturated carbocycles. The molecule has 0 N–H and O–H groups in total. The van der Waals surface area contributed by atoms with Gasteiger partial charge >= 0.3 is 0 Å². The van der Waals surface area contributed by atoms with Crippen molar-refractivity contribution in [3.63, 3.8) is 0 Å². The van der Waals surface area contributed by atoms with Gasteiger partial charge in [0.05, 0.1) is 16.4 Å². The number of amides is 1. The Kier molecular flexibility index (Phi) is 6.04. The second-order valence-electron chi connectivity index (χ2n) is 5.30. The zero-order chi connectivity index (χ0) is 16.9. The lowest BCUT2D eigenvalue weighted by Crippen LogP contribution is -2.22. The highest BCUT2D eigenvalue weighted by molar-refractivity contribution is 7.90. The molecule has 8 heteroatoms. The Hall–Kier alpha value is -1.96. The summed E-state index contributed by atoms with van der Waals surface area (Å²) in [7, 11) is -0.186. The second kappa shape index (κ2) is 7.35. The van der Waals surface area contributed by atoms with Gasteiger partial charge in [0.2, 0.25) is 5.91 Å². The van der Waals surface area contributed by atoms with Gasteiger partial charge in [-0.25, -0.2) is 8.42 Å². The van der Waals surface area contributed by atoms with E-state index in [2.05, 4.69) is 0 Å². The number of carbonyl (C=O) groups excluding carboxylic acids is 1. The second-order valence-corrected chi connectivity index (χ2v) is 7.49. The molecule has 1 amide bonds. The maximum Gasteiger partial charge on any atom is 0.272 e. The Balaban J connectivity index is 2.75. The minimum Gasteiger partial charge on any atom is -0.349 e.